The summed E-state index contributed by atoms with van der Waals surface area (Å²) < 4.78 is 0. The van der Waals surface area contributed by atoms with Gasteiger partial charge in [0.15, 0.2) is 0 Å². The Morgan fingerprint density at radius 2 is 2.33 bits per heavy atom. The van der Waals surface area contributed by atoms with E-state index in [4.69, 9.17) is 5.73 Å². The Hall–Kier alpha value is 0.310. The summed E-state index contributed by atoms with van der Waals surface area (Å²) in [4.78, 5) is 0. The van der Waals surface area contributed by atoms with Crippen molar-refractivity contribution >= 4 is 11.8 Å². The van der Waals surface area contributed by atoms with E-state index >= 15 is 0 Å². The molecule has 54 valence electrons. The molecule has 0 saturated heterocycles. The van der Waals surface area contributed by atoms with Crippen molar-refractivity contribution in [3.63, 3.8) is 0 Å². The Balaban J connectivity index is 2.22. The second kappa shape index (κ2) is 3.47. The van der Waals surface area contributed by atoms with Crippen LogP contribution in [0.1, 0.15) is 26.2 Å². The van der Waals surface area contributed by atoms with Gasteiger partial charge in [-0.25, -0.2) is 0 Å². The standard InChI is InChI=1S/C7H15NS/c1-2-9-7-5-3-4-6(7)8/h6-7H,2-5,8H2,1H3/t6-,7+/m1/s1. The van der Waals surface area contributed by atoms with Crippen LogP contribution in [-0.4, -0.2) is 17.0 Å². The highest BCUT2D eigenvalue weighted by molar-refractivity contribution is 7.99. The van der Waals surface area contributed by atoms with Crippen molar-refractivity contribution in [2.75, 3.05) is 5.75 Å². The second-order valence-corrected chi connectivity index (χ2v) is 4.10. The van der Waals surface area contributed by atoms with E-state index in [9.17, 15) is 0 Å². The topological polar surface area (TPSA) is 26.0 Å². The molecule has 1 fully saturated rings. The van der Waals surface area contributed by atoms with Gasteiger partial charge in [0.25, 0.3) is 0 Å². The maximum atomic E-state index is 5.84. The molecule has 0 heterocycles. The fraction of sp³-hybridized carbons (Fsp3) is 1.00. The van der Waals surface area contributed by atoms with E-state index in [1.807, 2.05) is 11.8 Å². The van der Waals surface area contributed by atoms with E-state index in [-0.39, 0.29) is 0 Å². The van der Waals surface area contributed by atoms with Gasteiger partial charge in [0, 0.05) is 11.3 Å². The molecule has 0 unspecified atom stereocenters. The predicted octanol–water partition coefficient (Wildman–Crippen LogP) is 1.62. The molecule has 9 heavy (non-hydrogen) atoms. The van der Waals surface area contributed by atoms with Crippen molar-refractivity contribution in [1.29, 1.82) is 0 Å². The summed E-state index contributed by atoms with van der Waals surface area (Å²) in [5.41, 5.74) is 5.84. The minimum Gasteiger partial charge on any atom is -0.327 e. The average molecular weight is 145 g/mol. The normalized spacial score (nSPS) is 35.3. The lowest BCUT2D eigenvalue weighted by molar-refractivity contribution is 0.716. The monoisotopic (exact) mass is 145 g/mol. The van der Waals surface area contributed by atoms with Gasteiger partial charge < -0.3 is 5.73 Å². The van der Waals surface area contributed by atoms with Crippen LogP contribution in [0.25, 0.3) is 0 Å². The van der Waals surface area contributed by atoms with Crippen LogP contribution in [0.15, 0.2) is 0 Å². The molecule has 1 aliphatic carbocycles. The Labute approximate surface area is 61.4 Å². The van der Waals surface area contributed by atoms with Crippen molar-refractivity contribution in [3.8, 4) is 0 Å². The summed E-state index contributed by atoms with van der Waals surface area (Å²) >= 11 is 2.02. The molecule has 0 amide bonds. The van der Waals surface area contributed by atoms with Gasteiger partial charge in [-0.3, -0.25) is 0 Å². The summed E-state index contributed by atoms with van der Waals surface area (Å²) in [6.45, 7) is 2.20. The molecule has 0 bridgehead atoms. The van der Waals surface area contributed by atoms with Crippen LogP contribution in [-0.2, 0) is 0 Å². The van der Waals surface area contributed by atoms with Crippen LogP contribution in [0.3, 0.4) is 0 Å². The lowest BCUT2D eigenvalue weighted by atomic mass is 10.3. The van der Waals surface area contributed by atoms with Gasteiger partial charge in [-0.2, -0.15) is 11.8 Å². The molecule has 0 aromatic heterocycles. The van der Waals surface area contributed by atoms with E-state index in [0.717, 1.165) is 5.25 Å². The summed E-state index contributed by atoms with van der Waals surface area (Å²) in [7, 11) is 0. The Bertz CT molecular complexity index is 85.0. The van der Waals surface area contributed by atoms with Crippen LogP contribution >= 0.6 is 11.8 Å². The Morgan fingerprint density at radius 3 is 2.78 bits per heavy atom. The van der Waals surface area contributed by atoms with Crippen molar-refractivity contribution in [1.82, 2.24) is 0 Å². The highest BCUT2D eigenvalue weighted by atomic mass is 32.2. The first-order chi connectivity index (χ1) is 4.34. The maximum absolute atomic E-state index is 5.84. The molecule has 0 aromatic rings. The van der Waals surface area contributed by atoms with Crippen LogP contribution in [0.2, 0.25) is 0 Å². The fourth-order valence-corrected chi connectivity index (χ4v) is 2.52. The molecule has 1 rings (SSSR count). The quantitative estimate of drug-likeness (QED) is 0.639. The zero-order chi connectivity index (χ0) is 6.69. The van der Waals surface area contributed by atoms with E-state index in [2.05, 4.69) is 6.92 Å². The summed E-state index contributed by atoms with van der Waals surface area (Å²) in [6, 6.07) is 0.495. The second-order valence-electron chi connectivity index (χ2n) is 2.59. The number of nitrogens with two attached hydrogens (primary N) is 1. The van der Waals surface area contributed by atoms with Crippen molar-refractivity contribution < 1.29 is 0 Å². The number of hydrogen-bond donors (Lipinski definition) is 1. The molecule has 2 N–H and O–H groups in total. The lowest BCUT2D eigenvalue weighted by Gasteiger charge is -2.12. The van der Waals surface area contributed by atoms with Gasteiger partial charge in [0.1, 0.15) is 0 Å². The summed E-state index contributed by atoms with van der Waals surface area (Å²) in [6.07, 6.45) is 3.94. The van der Waals surface area contributed by atoms with Crippen LogP contribution < -0.4 is 5.73 Å². The molecule has 1 nitrogen and oxygen atoms in total. The molecule has 2 heteroatoms. The molecule has 0 spiro atoms. The molecule has 2 atom stereocenters. The van der Waals surface area contributed by atoms with E-state index in [0.29, 0.717) is 6.04 Å². The maximum Gasteiger partial charge on any atom is 0.0198 e. The van der Waals surface area contributed by atoms with Crippen LogP contribution in [0.4, 0.5) is 0 Å². The molecule has 0 aromatic carbocycles. The molecular formula is C7H15NS. The van der Waals surface area contributed by atoms with Gasteiger partial charge >= 0.3 is 0 Å². The van der Waals surface area contributed by atoms with Crippen LogP contribution in [0.5, 0.6) is 0 Å². The van der Waals surface area contributed by atoms with Crippen molar-refractivity contribution in [2.24, 2.45) is 5.73 Å². The largest absolute Gasteiger partial charge is 0.327 e. The predicted molar refractivity (Wildman–Crippen MR) is 43.7 cm³/mol. The molecule has 0 radical (unpaired) electrons. The third-order valence-electron chi connectivity index (χ3n) is 1.88. The Kier molecular flexibility index (Phi) is 2.86. The average Bonchev–Trinajstić information content (AvgIpc) is 2.18. The van der Waals surface area contributed by atoms with Crippen LogP contribution in [0, 0.1) is 0 Å². The SMILES string of the molecule is CCS[C@H]1CCC[C@H]1N. The first-order valence-corrected chi connectivity index (χ1v) is 4.76. The van der Waals surface area contributed by atoms with Crippen molar-refractivity contribution in [2.45, 2.75) is 37.5 Å². The lowest BCUT2D eigenvalue weighted by Crippen LogP contribution is -2.26. The minimum atomic E-state index is 0.495. The molecule has 1 saturated carbocycles. The first-order valence-electron chi connectivity index (χ1n) is 3.71. The Morgan fingerprint density at radius 1 is 1.56 bits per heavy atom. The van der Waals surface area contributed by atoms with E-state index in [1.165, 1.54) is 25.0 Å². The van der Waals surface area contributed by atoms with Gasteiger partial charge in [-0.1, -0.05) is 13.3 Å². The first kappa shape index (κ1) is 7.42. The van der Waals surface area contributed by atoms with Crippen molar-refractivity contribution in [3.05, 3.63) is 0 Å². The van der Waals surface area contributed by atoms with Gasteiger partial charge in [-0.05, 0) is 18.6 Å². The molecular weight excluding hydrogens is 130 g/mol. The number of thioether (sulfide) groups is 1. The number of hydrogen-bond acceptors (Lipinski definition) is 2. The zero-order valence-electron chi connectivity index (χ0n) is 5.97. The summed E-state index contributed by atoms with van der Waals surface area (Å²) in [5.74, 6) is 1.22. The molecule has 1 aliphatic rings. The number of rotatable bonds is 2. The highest BCUT2D eigenvalue weighted by Gasteiger charge is 2.22. The zero-order valence-corrected chi connectivity index (χ0v) is 6.79. The fourth-order valence-electron chi connectivity index (χ4n) is 1.38. The van der Waals surface area contributed by atoms with Gasteiger partial charge in [0.05, 0.1) is 0 Å². The smallest absolute Gasteiger partial charge is 0.0198 e. The van der Waals surface area contributed by atoms with Gasteiger partial charge in [-0.15, -0.1) is 0 Å². The van der Waals surface area contributed by atoms with E-state index in [1.54, 1.807) is 0 Å². The third-order valence-corrected chi connectivity index (χ3v) is 3.23. The van der Waals surface area contributed by atoms with Gasteiger partial charge in [0.2, 0.25) is 0 Å². The molecule has 0 aliphatic heterocycles. The highest BCUT2D eigenvalue weighted by Crippen LogP contribution is 2.28. The summed E-state index contributed by atoms with van der Waals surface area (Å²) in [5, 5.41) is 0.773. The third kappa shape index (κ3) is 1.87. The van der Waals surface area contributed by atoms with E-state index < -0.39 is 0 Å². The minimum absolute atomic E-state index is 0.495.